The lowest BCUT2D eigenvalue weighted by Crippen LogP contribution is -2.62. The lowest BCUT2D eigenvalue weighted by Gasteiger charge is -2.65. The van der Waals surface area contributed by atoms with Crippen molar-refractivity contribution in [3.05, 3.63) is 0 Å². The average Bonchev–Trinajstić information content (AvgIpc) is 3.20. The van der Waals surface area contributed by atoms with Gasteiger partial charge in [-0.1, -0.05) is 34.1 Å². The second-order valence-electron chi connectivity index (χ2n) is 13.1. The van der Waals surface area contributed by atoms with E-state index >= 15 is 0 Å². The Labute approximate surface area is 214 Å². The van der Waals surface area contributed by atoms with Crippen LogP contribution in [0.25, 0.3) is 0 Å². The largest absolute Gasteiger partial charge is 0.396 e. The zero-order chi connectivity index (χ0) is 25.2. The van der Waals surface area contributed by atoms with Crippen LogP contribution in [-0.2, 0) is 14.2 Å². The molecule has 4 aliphatic carbocycles. The molecule has 0 saturated heterocycles. The van der Waals surface area contributed by atoms with Crippen LogP contribution in [0.2, 0.25) is 0 Å². The molecule has 0 aliphatic heterocycles. The summed E-state index contributed by atoms with van der Waals surface area (Å²) in [6.45, 7) is 11.7. The fourth-order valence-electron chi connectivity index (χ4n) is 10.0. The minimum Gasteiger partial charge on any atom is -0.396 e. The van der Waals surface area contributed by atoms with Gasteiger partial charge in [-0.3, -0.25) is 0 Å². The number of rotatable bonds is 11. The third-order valence-electron chi connectivity index (χ3n) is 11.8. The molecule has 4 saturated carbocycles. The Kier molecular flexibility index (Phi) is 9.28. The maximum Gasteiger partial charge on any atom is 0.147 e. The van der Waals surface area contributed by atoms with Crippen LogP contribution in [0, 0.1) is 52.3 Å². The molecular weight excluding hydrogens is 440 g/mol. The molecule has 0 bridgehead atoms. The molecule has 204 valence electrons. The van der Waals surface area contributed by atoms with Gasteiger partial charge in [-0.2, -0.15) is 0 Å². The molecule has 0 radical (unpaired) electrons. The Morgan fingerprint density at radius 3 is 2.43 bits per heavy atom. The minimum atomic E-state index is -0.184. The maximum atomic E-state index is 12.0. The van der Waals surface area contributed by atoms with Gasteiger partial charge < -0.3 is 24.4 Å². The zero-order valence-electron chi connectivity index (χ0n) is 23.2. The van der Waals surface area contributed by atoms with Gasteiger partial charge in [0, 0.05) is 13.7 Å². The molecule has 0 amide bonds. The number of aliphatic hydroxyl groups is 2. The number of fused-ring (bicyclic) bond motifs is 5. The second kappa shape index (κ2) is 11.7. The van der Waals surface area contributed by atoms with Crippen molar-refractivity contribution in [2.45, 2.75) is 104 Å². The van der Waals surface area contributed by atoms with Crippen molar-refractivity contribution in [3.63, 3.8) is 0 Å². The second-order valence-corrected chi connectivity index (χ2v) is 13.1. The van der Waals surface area contributed by atoms with Crippen molar-refractivity contribution in [2.24, 2.45) is 52.3 Å². The van der Waals surface area contributed by atoms with Crippen LogP contribution in [-0.4, -0.2) is 56.1 Å². The molecule has 0 aromatic rings. The predicted molar refractivity (Wildman–Crippen MR) is 139 cm³/mol. The molecule has 0 aromatic heterocycles. The van der Waals surface area contributed by atoms with E-state index in [0.29, 0.717) is 73.0 Å². The van der Waals surface area contributed by atoms with Crippen molar-refractivity contribution in [1.29, 1.82) is 0 Å². The van der Waals surface area contributed by atoms with Crippen LogP contribution < -0.4 is 0 Å². The van der Waals surface area contributed by atoms with Gasteiger partial charge in [-0.25, -0.2) is 0 Å². The van der Waals surface area contributed by atoms with Crippen molar-refractivity contribution >= 4 is 0 Å². The van der Waals surface area contributed by atoms with Gasteiger partial charge in [0.25, 0.3) is 0 Å². The number of ether oxygens (including phenoxy) is 3. The fourth-order valence-corrected chi connectivity index (χ4v) is 10.0. The summed E-state index contributed by atoms with van der Waals surface area (Å²) in [6.07, 6.45) is 11.7. The molecule has 5 nitrogen and oxygen atoms in total. The van der Waals surface area contributed by atoms with Gasteiger partial charge in [0.05, 0.1) is 25.4 Å². The highest BCUT2D eigenvalue weighted by Crippen LogP contribution is 2.69. The van der Waals surface area contributed by atoms with Crippen molar-refractivity contribution in [1.82, 2.24) is 0 Å². The first-order valence-corrected chi connectivity index (χ1v) is 14.8. The molecule has 11 atom stereocenters. The third kappa shape index (κ3) is 5.11. The maximum absolute atomic E-state index is 12.0. The van der Waals surface area contributed by atoms with E-state index in [1.807, 2.05) is 0 Å². The third-order valence-corrected chi connectivity index (χ3v) is 11.8. The Balaban J connectivity index is 1.49. The molecule has 3 unspecified atom stereocenters. The van der Waals surface area contributed by atoms with Crippen LogP contribution in [0.15, 0.2) is 0 Å². The number of hydrogen-bond acceptors (Lipinski definition) is 5. The van der Waals surface area contributed by atoms with Gasteiger partial charge in [0.1, 0.15) is 6.79 Å². The molecule has 2 N–H and O–H groups in total. The van der Waals surface area contributed by atoms with Gasteiger partial charge in [-0.05, 0) is 110 Å². The Hall–Kier alpha value is -0.200. The summed E-state index contributed by atoms with van der Waals surface area (Å²) >= 11 is 0. The van der Waals surface area contributed by atoms with Crippen LogP contribution >= 0.6 is 0 Å². The summed E-state index contributed by atoms with van der Waals surface area (Å²) in [5.74, 6) is 4.03. The van der Waals surface area contributed by atoms with Crippen LogP contribution in [0.1, 0.15) is 91.9 Å². The molecule has 4 rings (SSSR count). The summed E-state index contributed by atoms with van der Waals surface area (Å²) in [5, 5.41) is 21.4. The number of hydrogen-bond donors (Lipinski definition) is 2. The molecule has 0 heterocycles. The molecule has 0 aromatic carbocycles. The summed E-state index contributed by atoms with van der Waals surface area (Å²) in [6, 6.07) is 0. The summed E-state index contributed by atoms with van der Waals surface area (Å²) < 4.78 is 16.8. The van der Waals surface area contributed by atoms with E-state index in [-0.39, 0.29) is 12.2 Å². The van der Waals surface area contributed by atoms with Gasteiger partial charge >= 0.3 is 0 Å². The van der Waals surface area contributed by atoms with Crippen LogP contribution in [0.4, 0.5) is 0 Å². The predicted octanol–water partition coefficient (Wildman–Crippen LogP) is 5.67. The van der Waals surface area contributed by atoms with Crippen LogP contribution in [0.3, 0.4) is 0 Å². The Bertz CT molecular complexity index is 671. The highest BCUT2D eigenvalue weighted by atomic mass is 16.7. The van der Waals surface area contributed by atoms with Gasteiger partial charge in [0.15, 0.2) is 0 Å². The highest BCUT2D eigenvalue weighted by Gasteiger charge is 2.64. The molecule has 5 heteroatoms. The van der Waals surface area contributed by atoms with Crippen LogP contribution in [0.5, 0.6) is 0 Å². The molecule has 35 heavy (non-hydrogen) atoms. The number of aliphatic hydroxyl groups excluding tert-OH is 2. The fraction of sp³-hybridized carbons (Fsp3) is 1.00. The standard InChI is InChI=1S/C30H54O5/c1-6-22-26-18-21(35-19-34-17-16-33-5)11-13-30(26,4)25-12-14-29(3)23(20(2)8-7-15-31)9-10-24(29)27(25)28(22)32/h20-28,31-32H,6-19H2,1-5H3/t20-,21-,22-,23-,24+,25+,26?,27?,28-,29?,30-/m1/s1. The first kappa shape index (κ1) is 27.8. The summed E-state index contributed by atoms with van der Waals surface area (Å²) in [4.78, 5) is 0. The molecule has 4 fully saturated rings. The first-order valence-electron chi connectivity index (χ1n) is 14.8. The zero-order valence-corrected chi connectivity index (χ0v) is 23.2. The normalized spacial score (nSPS) is 46.0. The van der Waals surface area contributed by atoms with E-state index in [1.54, 1.807) is 7.11 Å². The van der Waals surface area contributed by atoms with Crippen molar-refractivity contribution < 1.29 is 24.4 Å². The van der Waals surface area contributed by atoms with E-state index < -0.39 is 0 Å². The lowest BCUT2D eigenvalue weighted by atomic mass is 9.41. The van der Waals surface area contributed by atoms with E-state index in [4.69, 9.17) is 14.2 Å². The Morgan fingerprint density at radius 2 is 1.71 bits per heavy atom. The summed E-state index contributed by atoms with van der Waals surface area (Å²) in [7, 11) is 1.69. The molecular formula is C30H54O5. The average molecular weight is 495 g/mol. The summed E-state index contributed by atoms with van der Waals surface area (Å²) in [5.41, 5.74) is 0.654. The minimum absolute atomic E-state index is 0.184. The quantitative estimate of drug-likeness (QED) is 0.286. The smallest absolute Gasteiger partial charge is 0.147 e. The monoisotopic (exact) mass is 494 g/mol. The van der Waals surface area contributed by atoms with E-state index in [9.17, 15) is 10.2 Å². The van der Waals surface area contributed by atoms with Crippen molar-refractivity contribution in [2.75, 3.05) is 33.7 Å². The van der Waals surface area contributed by atoms with Crippen molar-refractivity contribution in [3.8, 4) is 0 Å². The van der Waals surface area contributed by atoms with Gasteiger partial charge in [0.2, 0.25) is 0 Å². The lowest BCUT2D eigenvalue weighted by molar-refractivity contribution is -0.213. The molecule has 4 aliphatic rings. The topological polar surface area (TPSA) is 68.2 Å². The van der Waals surface area contributed by atoms with E-state index in [0.717, 1.165) is 38.0 Å². The van der Waals surface area contributed by atoms with E-state index in [2.05, 4.69) is 27.7 Å². The SMILES string of the molecule is CC[C@@H]1C2C[C@H](OCOCCOC)CC[C@]2(C)[C@H]2CCC3(C)[C@@H]([C@H](C)CCCO)CC[C@H]3C2[C@@H]1O. The molecule has 0 spiro atoms. The first-order chi connectivity index (χ1) is 16.8. The number of methoxy groups -OCH3 is 1. The van der Waals surface area contributed by atoms with Gasteiger partial charge in [-0.15, -0.1) is 0 Å². The van der Waals surface area contributed by atoms with E-state index in [1.165, 1.54) is 32.1 Å². The Morgan fingerprint density at radius 1 is 0.971 bits per heavy atom. The highest BCUT2D eigenvalue weighted by molar-refractivity contribution is 5.13.